The molecular weight excluding hydrogens is 753 g/mol. The highest BCUT2D eigenvalue weighted by molar-refractivity contribution is 7.91. The van der Waals surface area contributed by atoms with Gasteiger partial charge in [0.15, 0.2) is 9.84 Å². The molecule has 0 saturated carbocycles. The average molecular weight is 827 g/mol. The lowest BCUT2D eigenvalue weighted by Gasteiger charge is -2.29. The Hall–Kier alpha value is -3.97. The number of sulfone groups is 1. The Labute approximate surface area is 358 Å². The van der Waals surface area contributed by atoms with Gasteiger partial charge in [-0.15, -0.1) is 0 Å². The fourth-order valence-corrected chi connectivity index (χ4v) is 10.5. The molecule has 0 saturated heterocycles. The largest absolute Gasteiger partial charge is 0.491 e. The van der Waals surface area contributed by atoms with Crippen LogP contribution in [-0.4, -0.2) is 44.3 Å². The van der Waals surface area contributed by atoms with E-state index < -0.39 is 22.0 Å². The summed E-state index contributed by atoms with van der Waals surface area (Å²) in [4.78, 5) is 0. The van der Waals surface area contributed by atoms with Crippen molar-refractivity contribution >= 4 is 9.84 Å². The van der Waals surface area contributed by atoms with Crippen LogP contribution in [0.15, 0.2) is 121 Å². The van der Waals surface area contributed by atoms with Crippen LogP contribution in [0.2, 0.25) is 0 Å². The molecule has 8 atom stereocenters. The van der Waals surface area contributed by atoms with Gasteiger partial charge in [0.05, 0.1) is 23.7 Å². The van der Waals surface area contributed by atoms with Crippen molar-refractivity contribution in [3.05, 3.63) is 121 Å². The van der Waals surface area contributed by atoms with Crippen LogP contribution in [0.4, 0.5) is 0 Å². The van der Waals surface area contributed by atoms with E-state index in [2.05, 4.69) is 41.5 Å². The Kier molecular flexibility index (Phi) is 21.3. The molecular formula is C52H74O6S. The lowest BCUT2D eigenvalue weighted by atomic mass is 9.80. The standard InChI is InChI=1S/C52H74O6S/c1-7-43(33-31-41(5)55-47-23-15-11-16-24-47)45(9-3)35-37-51(57-49-27-19-13-20-28-49)39-59(53,54)40-52(58-50-29-21-14-22-30-50)38-36-46(10-4)44(8-2)34-32-42(6)56-48-25-17-12-18-26-48/h11-30,41-46,51-52H,7-10,31-40H2,1-6H3. The Bertz CT molecular complexity index is 1630. The highest BCUT2D eigenvalue weighted by atomic mass is 32.2. The monoisotopic (exact) mass is 827 g/mol. The van der Waals surface area contributed by atoms with E-state index >= 15 is 0 Å². The second-order valence-electron chi connectivity index (χ2n) is 16.6. The maximum absolute atomic E-state index is 14.3. The zero-order valence-corrected chi connectivity index (χ0v) is 37.7. The van der Waals surface area contributed by atoms with Gasteiger partial charge in [-0.3, -0.25) is 0 Å². The molecule has 0 aromatic heterocycles. The molecule has 0 heterocycles. The quantitative estimate of drug-likeness (QED) is 0.0521. The first-order valence-electron chi connectivity index (χ1n) is 22.7. The van der Waals surface area contributed by atoms with E-state index in [1.807, 2.05) is 121 Å². The van der Waals surface area contributed by atoms with E-state index in [-0.39, 0.29) is 23.7 Å². The summed E-state index contributed by atoms with van der Waals surface area (Å²) in [6.45, 7) is 13.4. The molecule has 6 nitrogen and oxygen atoms in total. The maximum Gasteiger partial charge on any atom is 0.157 e. The lowest BCUT2D eigenvalue weighted by Crippen LogP contribution is -2.35. The second kappa shape index (κ2) is 26.3. The van der Waals surface area contributed by atoms with Crippen molar-refractivity contribution in [2.45, 2.75) is 143 Å². The van der Waals surface area contributed by atoms with Gasteiger partial charge >= 0.3 is 0 Å². The molecule has 0 aliphatic rings. The van der Waals surface area contributed by atoms with Gasteiger partial charge in [0.1, 0.15) is 35.2 Å². The van der Waals surface area contributed by atoms with Gasteiger partial charge in [-0.1, -0.05) is 126 Å². The van der Waals surface area contributed by atoms with Gasteiger partial charge in [-0.05, 0) is 137 Å². The number of rotatable bonds is 30. The molecule has 0 aliphatic heterocycles. The van der Waals surface area contributed by atoms with Crippen molar-refractivity contribution in [2.24, 2.45) is 23.7 Å². The van der Waals surface area contributed by atoms with Crippen LogP contribution in [0.25, 0.3) is 0 Å². The first-order chi connectivity index (χ1) is 28.6. The van der Waals surface area contributed by atoms with Crippen LogP contribution in [0, 0.1) is 23.7 Å². The first kappa shape index (κ1) is 47.7. The molecule has 0 fully saturated rings. The smallest absolute Gasteiger partial charge is 0.157 e. The molecule has 4 aromatic carbocycles. The zero-order valence-electron chi connectivity index (χ0n) is 36.9. The third-order valence-corrected chi connectivity index (χ3v) is 13.9. The van der Waals surface area contributed by atoms with E-state index in [0.717, 1.165) is 75.7 Å². The van der Waals surface area contributed by atoms with Crippen molar-refractivity contribution in [2.75, 3.05) is 11.5 Å². The van der Waals surface area contributed by atoms with Gasteiger partial charge in [0.25, 0.3) is 0 Å². The molecule has 59 heavy (non-hydrogen) atoms. The molecule has 0 amide bonds. The summed E-state index contributed by atoms with van der Waals surface area (Å²) in [7, 11) is -3.57. The first-order valence-corrected chi connectivity index (χ1v) is 24.5. The van der Waals surface area contributed by atoms with Crippen LogP contribution in [-0.2, 0) is 9.84 Å². The van der Waals surface area contributed by atoms with Crippen molar-refractivity contribution < 1.29 is 27.4 Å². The number of para-hydroxylation sites is 4. The molecule has 324 valence electrons. The minimum absolute atomic E-state index is 0.0419. The van der Waals surface area contributed by atoms with Gasteiger partial charge in [-0.2, -0.15) is 0 Å². The fraction of sp³-hybridized carbons (Fsp3) is 0.538. The molecule has 0 bridgehead atoms. The van der Waals surface area contributed by atoms with Crippen LogP contribution >= 0.6 is 0 Å². The maximum atomic E-state index is 14.3. The molecule has 4 aromatic rings. The molecule has 0 aliphatic carbocycles. The normalized spacial score (nSPS) is 15.8. The molecule has 0 radical (unpaired) electrons. The third-order valence-electron chi connectivity index (χ3n) is 12.2. The molecule has 4 rings (SSSR count). The van der Waals surface area contributed by atoms with Crippen LogP contribution < -0.4 is 18.9 Å². The Balaban J connectivity index is 1.41. The van der Waals surface area contributed by atoms with Gasteiger partial charge in [0, 0.05) is 0 Å². The summed E-state index contributed by atoms with van der Waals surface area (Å²) in [5.41, 5.74) is 0. The van der Waals surface area contributed by atoms with Crippen LogP contribution in [0.1, 0.15) is 119 Å². The van der Waals surface area contributed by atoms with Crippen LogP contribution in [0.5, 0.6) is 23.0 Å². The summed E-state index contributed by atoms with van der Waals surface area (Å²) in [6.07, 6.45) is 10.8. The summed E-state index contributed by atoms with van der Waals surface area (Å²) in [5.74, 6) is 5.12. The van der Waals surface area contributed by atoms with Crippen molar-refractivity contribution in [1.82, 2.24) is 0 Å². The Morgan fingerprint density at radius 2 is 0.627 bits per heavy atom. The third kappa shape index (κ3) is 18.0. The minimum atomic E-state index is -3.57. The van der Waals surface area contributed by atoms with Gasteiger partial charge < -0.3 is 18.9 Å². The predicted octanol–water partition coefficient (Wildman–Crippen LogP) is 13.5. The van der Waals surface area contributed by atoms with Crippen molar-refractivity contribution in [3.8, 4) is 23.0 Å². The number of ether oxygens (including phenoxy) is 4. The average Bonchev–Trinajstić information content (AvgIpc) is 3.24. The SMILES string of the molecule is CCC(CCC(C)Oc1ccccc1)C(CC)CCC(CS(=O)(=O)CC(CCC(CC)C(CC)CCC(C)Oc1ccccc1)Oc1ccccc1)Oc1ccccc1. The topological polar surface area (TPSA) is 71.1 Å². The highest BCUT2D eigenvalue weighted by Crippen LogP contribution is 2.33. The zero-order chi connectivity index (χ0) is 42.3. The Morgan fingerprint density at radius 1 is 0.373 bits per heavy atom. The van der Waals surface area contributed by atoms with Gasteiger partial charge in [0.2, 0.25) is 0 Å². The summed E-state index contributed by atoms with van der Waals surface area (Å²) in [5, 5.41) is 0. The van der Waals surface area contributed by atoms with Gasteiger partial charge in [-0.25, -0.2) is 8.42 Å². The van der Waals surface area contributed by atoms with Crippen molar-refractivity contribution in [1.29, 1.82) is 0 Å². The van der Waals surface area contributed by atoms with E-state index in [0.29, 0.717) is 48.0 Å². The fourth-order valence-electron chi connectivity index (χ4n) is 8.74. The van der Waals surface area contributed by atoms with E-state index in [1.54, 1.807) is 0 Å². The number of hydrogen-bond donors (Lipinski definition) is 0. The predicted molar refractivity (Wildman–Crippen MR) is 245 cm³/mol. The lowest BCUT2D eigenvalue weighted by molar-refractivity contribution is 0.160. The minimum Gasteiger partial charge on any atom is -0.491 e. The number of hydrogen-bond acceptors (Lipinski definition) is 6. The summed E-state index contributed by atoms with van der Waals surface area (Å²) >= 11 is 0. The molecule has 7 heteroatoms. The van der Waals surface area contributed by atoms with Crippen LogP contribution in [0.3, 0.4) is 0 Å². The highest BCUT2D eigenvalue weighted by Gasteiger charge is 2.29. The molecule has 8 unspecified atom stereocenters. The Morgan fingerprint density at radius 3 is 0.898 bits per heavy atom. The van der Waals surface area contributed by atoms with E-state index in [1.165, 1.54) is 0 Å². The van der Waals surface area contributed by atoms with Crippen molar-refractivity contribution in [3.63, 3.8) is 0 Å². The summed E-state index contributed by atoms with van der Waals surface area (Å²) in [6, 6.07) is 39.4. The molecule has 0 spiro atoms. The molecule has 0 N–H and O–H groups in total. The summed E-state index contributed by atoms with van der Waals surface area (Å²) < 4.78 is 54.1. The van der Waals surface area contributed by atoms with E-state index in [9.17, 15) is 8.42 Å². The number of benzene rings is 4. The van der Waals surface area contributed by atoms with E-state index in [4.69, 9.17) is 18.9 Å². The second-order valence-corrected chi connectivity index (χ2v) is 18.8.